The first-order valence-corrected chi connectivity index (χ1v) is 11.1. The molecule has 0 bridgehead atoms. The number of fused-ring (bicyclic) bond motifs is 2. The maximum atomic E-state index is 15.1. The molecule has 2 aromatic heterocycles. The molecule has 3 N–H and O–H groups in total. The van der Waals surface area contributed by atoms with Gasteiger partial charge in [0.2, 0.25) is 18.3 Å². The van der Waals surface area contributed by atoms with Crippen LogP contribution in [0, 0.1) is 15.2 Å². The molecule has 3 heterocycles. The zero-order valence-electron chi connectivity index (χ0n) is 16.2. The Morgan fingerprint density at radius 1 is 1.27 bits per heavy atom. The van der Waals surface area contributed by atoms with Crippen molar-refractivity contribution in [3.05, 3.63) is 21.5 Å². The van der Waals surface area contributed by atoms with Crippen LogP contribution in [0.5, 0.6) is 11.5 Å². The minimum absolute atomic E-state index is 0.0701. The molecule has 0 spiro atoms. The van der Waals surface area contributed by atoms with Crippen LogP contribution in [0.4, 0.5) is 14.6 Å². The zero-order valence-corrected chi connectivity index (χ0v) is 19.2. The number of aryl methyl sites for hydroxylation is 1. The summed E-state index contributed by atoms with van der Waals surface area (Å²) in [5.41, 5.74) is 6.94. The highest BCUT2D eigenvalue weighted by molar-refractivity contribution is 14.1. The fourth-order valence-corrected chi connectivity index (χ4v) is 4.81. The molecule has 4 rings (SSSR count). The Bertz CT molecular complexity index is 1110. The van der Waals surface area contributed by atoms with Crippen LogP contribution in [-0.2, 0) is 6.54 Å². The number of anilines is 1. The standard InChI is InChI=1S/C18H19F2IN6O2S/c1-8(2)23-4-3-5-27-17-12(16(22)24-6-25-17)26-18(27)30-15-10(20)14-13(28-7-29-14)9(19)11(15)21/h6,8,23H,3-5,7H2,1-2H3,(H2,22,24,25). The van der Waals surface area contributed by atoms with E-state index in [1.807, 2.05) is 4.57 Å². The Morgan fingerprint density at radius 3 is 2.73 bits per heavy atom. The second-order valence-corrected chi connectivity index (χ2v) is 8.93. The number of rotatable bonds is 7. The Labute approximate surface area is 189 Å². The smallest absolute Gasteiger partial charge is 0.231 e. The molecule has 0 saturated carbocycles. The van der Waals surface area contributed by atoms with Gasteiger partial charge < -0.3 is 25.1 Å². The van der Waals surface area contributed by atoms with Crippen LogP contribution in [-0.4, -0.2) is 38.9 Å². The molecule has 160 valence electrons. The number of hydrogen-bond donors (Lipinski definition) is 2. The highest BCUT2D eigenvalue weighted by atomic mass is 127. The first-order valence-electron chi connectivity index (χ1n) is 9.22. The van der Waals surface area contributed by atoms with Crippen molar-refractivity contribution in [3.8, 4) is 11.5 Å². The predicted molar refractivity (Wildman–Crippen MR) is 117 cm³/mol. The number of nitrogens with zero attached hydrogens (tertiary/aromatic N) is 4. The number of nitrogens with one attached hydrogen (secondary N) is 1. The molecule has 0 atom stereocenters. The van der Waals surface area contributed by atoms with Gasteiger partial charge in [-0.3, -0.25) is 0 Å². The fraction of sp³-hybridized carbons (Fsp3) is 0.389. The first-order chi connectivity index (χ1) is 14.4. The summed E-state index contributed by atoms with van der Waals surface area (Å²) in [6.45, 7) is 5.27. The van der Waals surface area contributed by atoms with Crippen molar-refractivity contribution in [2.24, 2.45) is 0 Å². The van der Waals surface area contributed by atoms with Gasteiger partial charge in [0.15, 0.2) is 33.8 Å². The highest BCUT2D eigenvalue weighted by Gasteiger charge is 2.31. The summed E-state index contributed by atoms with van der Waals surface area (Å²) in [7, 11) is 0. The van der Waals surface area contributed by atoms with Crippen molar-refractivity contribution in [3.63, 3.8) is 0 Å². The lowest BCUT2D eigenvalue weighted by molar-refractivity contribution is 0.168. The highest BCUT2D eigenvalue weighted by Crippen LogP contribution is 2.46. The van der Waals surface area contributed by atoms with Gasteiger partial charge in [0, 0.05) is 12.6 Å². The molecule has 0 radical (unpaired) electrons. The Morgan fingerprint density at radius 2 is 2.00 bits per heavy atom. The maximum Gasteiger partial charge on any atom is 0.231 e. The van der Waals surface area contributed by atoms with Crippen molar-refractivity contribution in [2.75, 3.05) is 19.1 Å². The molecule has 1 aliphatic heterocycles. The van der Waals surface area contributed by atoms with Crippen LogP contribution in [0.15, 0.2) is 16.4 Å². The second kappa shape index (κ2) is 8.67. The molecule has 0 unspecified atom stereocenters. The molecule has 30 heavy (non-hydrogen) atoms. The lowest BCUT2D eigenvalue weighted by Gasteiger charge is -2.12. The van der Waals surface area contributed by atoms with Crippen molar-refractivity contribution in [2.45, 2.75) is 42.9 Å². The van der Waals surface area contributed by atoms with E-state index in [2.05, 4.69) is 34.1 Å². The number of benzene rings is 1. The minimum atomic E-state index is -0.683. The normalized spacial score (nSPS) is 13.0. The summed E-state index contributed by atoms with van der Waals surface area (Å²) < 4.78 is 41.9. The van der Waals surface area contributed by atoms with Crippen molar-refractivity contribution in [1.29, 1.82) is 0 Å². The topological polar surface area (TPSA) is 100 Å². The third-order valence-corrected chi connectivity index (χ3v) is 6.89. The number of nitrogens with two attached hydrogens (primary N) is 1. The molecule has 1 aromatic carbocycles. The lowest BCUT2D eigenvalue weighted by atomic mass is 10.3. The van der Waals surface area contributed by atoms with E-state index in [0.717, 1.165) is 24.7 Å². The van der Waals surface area contributed by atoms with Crippen molar-refractivity contribution >= 4 is 51.3 Å². The largest absolute Gasteiger partial charge is 0.450 e. The summed E-state index contributed by atoms with van der Waals surface area (Å²) >= 11 is 2.75. The summed E-state index contributed by atoms with van der Waals surface area (Å²) in [5, 5.41) is 3.79. The first kappa shape index (κ1) is 21.3. The molecule has 8 nitrogen and oxygen atoms in total. The van der Waals surface area contributed by atoms with Crippen LogP contribution in [0.3, 0.4) is 0 Å². The van der Waals surface area contributed by atoms with E-state index < -0.39 is 11.6 Å². The van der Waals surface area contributed by atoms with E-state index in [4.69, 9.17) is 15.2 Å². The van der Waals surface area contributed by atoms with E-state index >= 15 is 4.39 Å². The van der Waals surface area contributed by atoms with E-state index in [9.17, 15) is 4.39 Å². The van der Waals surface area contributed by atoms with Crippen LogP contribution in [0.25, 0.3) is 11.2 Å². The van der Waals surface area contributed by atoms with Crippen LogP contribution < -0.4 is 20.5 Å². The third kappa shape index (κ3) is 3.87. The van der Waals surface area contributed by atoms with Gasteiger partial charge in [-0.2, -0.15) is 0 Å². The average Bonchev–Trinajstić information content (AvgIpc) is 3.33. The van der Waals surface area contributed by atoms with E-state index in [1.165, 1.54) is 6.33 Å². The van der Waals surface area contributed by atoms with Gasteiger partial charge in [-0.1, -0.05) is 13.8 Å². The molecule has 3 aromatic rings. The summed E-state index contributed by atoms with van der Waals surface area (Å²) in [4.78, 5) is 12.9. The zero-order chi connectivity index (χ0) is 21.4. The number of halogens is 3. The molecule has 0 amide bonds. The van der Waals surface area contributed by atoms with Gasteiger partial charge in [0.05, 0.1) is 8.47 Å². The molecule has 0 aliphatic carbocycles. The summed E-state index contributed by atoms with van der Waals surface area (Å²) in [5.74, 6) is -1.54. The lowest BCUT2D eigenvalue weighted by Crippen LogP contribution is -2.24. The van der Waals surface area contributed by atoms with Crippen molar-refractivity contribution in [1.82, 2.24) is 24.8 Å². The van der Waals surface area contributed by atoms with E-state index in [-0.39, 0.29) is 32.6 Å². The van der Waals surface area contributed by atoms with E-state index in [1.54, 1.807) is 22.6 Å². The molecule has 0 saturated heterocycles. The number of nitrogen functional groups attached to an aromatic ring is 1. The Balaban J connectivity index is 1.73. The van der Waals surface area contributed by atoms with Gasteiger partial charge in [0.1, 0.15) is 6.33 Å². The number of hydrogen-bond acceptors (Lipinski definition) is 8. The molecule has 1 aliphatic rings. The third-order valence-electron chi connectivity index (χ3n) is 4.43. The molecule has 0 fully saturated rings. The second-order valence-electron chi connectivity index (χ2n) is 6.88. The number of imidazole rings is 1. The van der Waals surface area contributed by atoms with Gasteiger partial charge in [0.25, 0.3) is 0 Å². The minimum Gasteiger partial charge on any atom is -0.450 e. The van der Waals surface area contributed by atoms with Crippen LogP contribution in [0.1, 0.15) is 20.3 Å². The molecular weight excluding hydrogens is 529 g/mol. The summed E-state index contributed by atoms with van der Waals surface area (Å²) in [6, 6.07) is 0.364. The van der Waals surface area contributed by atoms with Crippen LogP contribution >= 0.6 is 34.4 Å². The van der Waals surface area contributed by atoms with E-state index in [0.29, 0.717) is 28.9 Å². The van der Waals surface area contributed by atoms with Crippen LogP contribution in [0.2, 0.25) is 0 Å². The predicted octanol–water partition coefficient (Wildman–Crippen LogP) is 3.56. The monoisotopic (exact) mass is 548 g/mol. The maximum absolute atomic E-state index is 15.1. The van der Waals surface area contributed by atoms with Gasteiger partial charge in [-0.15, -0.1) is 0 Å². The van der Waals surface area contributed by atoms with Gasteiger partial charge in [-0.05, 0) is 47.3 Å². The van der Waals surface area contributed by atoms with Gasteiger partial charge in [-0.25, -0.2) is 23.7 Å². The van der Waals surface area contributed by atoms with Gasteiger partial charge >= 0.3 is 0 Å². The van der Waals surface area contributed by atoms with Crippen molar-refractivity contribution < 1.29 is 18.3 Å². The SMILES string of the molecule is CC(C)NCCCn1c(Sc2c(F)c3c(c(F)c2I)OCO3)nc2c(N)ncnc21. The Hall–Kier alpha value is -1.93. The molecule has 12 heteroatoms. The number of aromatic nitrogens is 4. The number of ether oxygens (including phenoxy) is 2. The fourth-order valence-electron chi connectivity index (χ4n) is 3.03. The average molecular weight is 548 g/mol. The molecular formula is C18H19F2IN6O2S. The quantitative estimate of drug-likeness (QED) is 0.263. The Kier molecular flexibility index (Phi) is 6.16. The summed E-state index contributed by atoms with van der Waals surface area (Å²) in [6.07, 6.45) is 2.15.